The van der Waals surface area contributed by atoms with Crippen LogP contribution in [-0.2, 0) is 9.53 Å². The first-order valence-corrected chi connectivity index (χ1v) is 11.3. The number of halogens is 1. The Morgan fingerprint density at radius 3 is 2.06 bits per heavy atom. The molecule has 0 spiro atoms. The van der Waals surface area contributed by atoms with Crippen LogP contribution in [0.1, 0.15) is 44.9 Å². The smallest absolute Gasteiger partial charge is 0.408 e. The van der Waals surface area contributed by atoms with Gasteiger partial charge in [0.2, 0.25) is 5.91 Å². The number of ether oxygens (including phenoxy) is 1. The molecule has 0 aliphatic carbocycles. The Bertz CT molecular complexity index is 904. The molecule has 0 bridgehead atoms. The third kappa shape index (κ3) is 6.47. The Kier molecular flexibility index (Phi) is 7.80. The zero-order valence-corrected chi connectivity index (χ0v) is 19.9. The van der Waals surface area contributed by atoms with Gasteiger partial charge >= 0.3 is 6.09 Å². The molecule has 2 atom stereocenters. The fraction of sp³-hybridized carbons (Fsp3) is 0.440. The maximum absolute atomic E-state index is 12.9. The van der Waals surface area contributed by atoms with Gasteiger partial charge in [-0.3, -0.25) is 9.69 Å². The van der Waals surface area contributed by atoms with E-state index in [0.717, 1.165) is 13.1 Å². The highest BCUT2D eigenvalue weighted by molar-refractivity contribution is 6.30. The molecule has 0 aromatic heterocycles. The molecule has 6 nitrogen and oxygen atoms in total. The quantitative estimate of drug-likeness (QED) is 0.718. The van der Waals surface area contributed by atoms with Crippen LogP contribution in [0, 0.1) is 0 Å². The Labute approximate surface area is 195 Å². The van der Waals surface area contributed by atoms with E-state index >= 15 is 0 Å². The van der Waals surface area contributed by atoms with Crippen LogP contribution in [0.3, 0.4) is 0 Å². The molecular formula is C25H32ClN3O3. The number of benzene rings is 2. The number of piperazine rings is 1. The maximum atomic E-state index is 12.9. The van der Waals surface area contributed by atoms with E-state index < -0.39 is 17.7 Å². The van der Waals surface area contributed by atoms with E-state index in [9.17, 15) is 9.59 Å². The number of amides is 2. The van der Waals surface area contributed by atoms with Gasteiger partial charge in [0.05, 0.1) is 6.04 Å². The highest BCUT2D eigenvalue weighted by atomic mass is 35.5. The zero-order chi connectivity index (χ0) is 23.3. The Balaban J connectivity index is 1.65. The number of carbonyl (C=O) groups excluding carboxylic acids is 2. The molecule has 2 aromatic carbocycles. The standard InChI is InChI=1S/C25H32ClN3O3/c1-18(27-24(31)32-25(2,3)4)23(30)29-16-14-28(15-17-29)22(19-8-6-5-7-9-19)20-10-12-21(26)13-11-20/h5-13,18,22H,14-17H2,1-4H3,(H,27,31). The van der Waals surface area contributed by atoms with Crippen LogP contribution < -0.4 is 5.32 Å². The summed E-state index contributed by atoms with van der Waals surface area (Å²) in [5, 5.41) is 3.36. The van der Waals surface area contributed by atoms with E-state index in [0.29, 0.717) is 18.1 Å². The van der Waals surface area contributed by atoms with Crippen molar-refractivity contribution in [1.82, 2.24) is 15.1 Å². The number of nitrogens with one attached hydrogen (secondary N) is 1. The zero-order valence-electron chi connectivity index (χ0n) is 19.2. The Morgan fingerprint density at radius 1 is 0.938 bits per heavy atom. The fourth-order valence-corrected chi connectivity index (χ4v) is 4.04. The van der Waals surface area contributed by atoms with Crippen molar-refractivity contribution in [3.63, 3.8) is 0 Å². The molecule has 2 aromatic rings. The number of rotatable bonds is 5. The first-order valence-electron chi connectivity index (χ1n) is 11.0. The van der Waals surface area contributed by atoms with E-state index in [1.54, 1.807) is 27.7 Å². The van der Waals surface area contributed by atoms with Gasteiger partial charge < -0.3 is 15.0 Å². The second kappa shape index (κ2) is 10.4. The normalized spacial score (nSPS) is 16.8. The van der Waals surface area contributed by atoms with E-state index in [2.05, 4.69) is 34.5 Å². The largest absolute Gasteiger partial charge is 0.444 e. The topological polar surface area (TPSA) is 61.9 Å². The maximum Gasteiger partial charge on any atom is 0.408 e. The summed E-state index contributed by atoms with van der Waals surface area (Å²) < 4.78 is 5.26. The highest BCUT2D eigenvalue weighted by Gasteiger charge is 2.30. The summed E-state index contributed by atoms with van der Waals surface area (Å²) in [5.74, 6) is -0.0988. The van der Waals surface area contributed by atoms with Crippen LogP contribution in [0.2, 0.25) is 5.02 Å². The summed E-state index contributed by atoms with van der Waals surface area (Å²) in [6.45, 7) is 9.72. The second-order valence-corrected chi connectivity index (χ2v) is 9.53. The molecule has 1 aliphatic heterocycles. The average Bonchev–Trinajstić information content (AvgIpc) is 2.74. The summed E-state index contributed by atoms with van der Waals surface area (Å²) in [4.78, 5) is 29.1. The van der Waals surface area contributed by atoms with Crippen molar-refractivity contribution in [1.29, 1.82) is 0 Å². The average molecular weight is 458 g/mol. The Morgan fingerprint density at radius 2 is 1.50 bits per heavy atom. The summed E-state index contributed by atoms with van der Waals surface area (Å²) in [5.41, 5.74) is 1.77. The monoisotopic (exact) mass is 457 g/mol. The molecule has 2 amide bonds. The van der Waals surface area contributed by atoms with Crippen molar-refractivity contribution in [2.45, 2.75) is 45.4 Å². The van der Waals surface area contributed by atoms with Gasteiger partial charge in [0.1, 0.15) is 11.6 Å². The molecule has 0 radical (unpaired) electrons. The van der Waals surface area contributed by atoms with Crippen molar-refractivity contribution < 1.29 is 14.3 Å². The molecule has 1 N–H and O–H groups in total. The minimum atomic E-state index is -0.641. The van der Waals surface area contributed by atoms with Gasteiger partial charge in [-0.25, -0.2) is 4.79 Å². The third-order valence-electron chi connectivity index (χ3n) is 5.40. The summed E-state index contributed by atoms with van der Waals surface area (Å²) in [6.07, 6.45) is -0.580. The lowest BCUT2D eigenvalue weighted by molar-refractivity contribution is -0.135. The van der Waals surface area contributed by atoms with Crippen LogP contribution in [-0.4, -0.2) is 59.6 Å². The first kappa shape index (κ1) is 24.1. The third-order valence-corrected chi connectivity index (χ3v) is 5.65. The molecule has 1 heterocycles. The predicted octanol–water partition coefficient (Wildman–Crippen LogP) is 4.49. The van der Waals surface area contributed by atoms with Gasteiger partial charge in [-0.15, -0.1) is 0 Å². The number of hydrogen-bond donors (Lipinski definition) is 1. The van der Waals surface area contributed by atoms with Crippen molar-refractivity contribution in [2.75, 3.05) is 26.2 Å². The lowest BCUT2D eigenvalue weighted by Gasteiger charge is -2.40. The molecule has 7 heteroatoms. The van der Waals surface area contributed by atoms with Gasteiger partial charge in [0.15, 0.2) is 0 Å². The summed E-state index contributed by atoms with van der Waals surface area (Å²) >= 11 is 6.11. The van der Waals surface area contributed by atoms with Crippen LogP contribution in [0.4, 0.5) is 4.79 Å². The van der Waals surface area contributed by atoms with E-state index in [1.165, 1.54) is 11.1 Å². The van der Waals surface area contributed by atoms with E-state index in [4.69, 9.17) is 16.3 Å². The van der Waals surface area contributed by atoms with Crippen LogP contribution in [0.15, 0.2) is 54.6 Å². The molecule has 1 fully saturated rings. The number of nitrogens with zero attached hydrogens (tertiary/aromatic N) is 2. The van der Waals surface area contributed by atoms with E-state index in [-0.39, 0.29) is 11.9 Å². The minimum Gasteiger partial charge on any atom is -0.444 e. The van der Waals surface area contributed by atoms with Crippen molar-refractivity contribution in [3.8, 4) is 0 Å². The number of carbonyl (C=O) groups is 2. The molecular weight excluding hydrogens is 426 g/mol. The molecule has 32 heavy (non-hydrogen) atoms. The van der Waals surface area contributed by atoms with Gasteiger partial charge in [-0.1, -0.05) is 54.1 Å². The summed E-state index contributed by atoms with van der Waals surface area (Å²) in [6, 6.07) is 17.7. The first-order chi connectivity index (χ1) is 15.1. The lowest BCUT2D eigenvalue weighted by atomic mass is 9.96. The SMILES string of the molecule is CC(NC(=O)OC(C)(C)C)C(=O)N1CCN(C(c2ccccc2)c2ccc(Cl)cc2)CC1. The molecule has 3 rings (SSSR count). The van der Waals surface area contributed by atoms with Gasteiger partial charge in [0, 0.05) is 31.2 Å². The van der Waals surface area contributed by atoms with Crippen LogP contribution >= 0.6 is 11.6 Å². The fourth-order valence-electron chi connectivity index (χ4n) is 3.91. The molecule has 172 valence electrons. The summed E-state index contributed by atoms with van der Waals surface area (Å²) in [7, 11) is 0. The van der Waals surface area contributed by atoms with Crippen molar-refractivity contribution in [2.24, 2.45) is 0 Å². The molecule has 0 saturated carbocycles. The lowest BCUT2D eigenvalue weighted by Crippen LogP contribution is -2.55. The Hall–Kier alpha value is -2.57. The molecule has 1 aliphatic rings. The predicted molar refractivity (Wildman–Crippen MR) is 127 cm³/mol. The second-order valence-electron chi connectivity index (χ2n) is 9.09. The van der Waals surface area contributed by atoms with Crippen molar-refractivity contribution >= 4 is 23.6 Å². The molecule has 1 saturated heterocycles. The highest BCUT2D eigenvalue weighted by Crippen LogP contribution is 2.30. The van der Waals surface area contributed by atoms with Crippen LogP contribution in [0.5, 0.6) is 0 Å². The van der Waals surface area contributed by atoms with Crippen molar-refractivity contribution in [3.05, 3.63) is 70.7 Å². The number of alkyl carbamates (subject to hydrolysis) is 1. The number of hydrogen-bond acceptors (Lipinski definition) is 4. The van der Waals surface area contributed by atoms with Gasteiger partial charge in [-0.05, 0) is 51.0 Å². The van der Waals surface area contributed by atoms with Gasteiger partial charge in [-0.2, -0.15) is 0 Å². The molecule has 2 unspecified atom stereocenters. The van der Waals surface area contributed by atoms with Gasteiger partial charge in [0.25, 0.3) is 0 Å². The van der Waals surface area contributed by atoms with E-state index in [1.807, 2.05) is 35.2 Å². The minimum absolute atomic E-state index is 0.0861. The van der Waals surface area contributed by atoms with Crippen LogP contribution in [0.25, 0.3) is 0 Å².